The zero-order chi connectivity index (χ0) is 18.7. The first-order valence-corrected chi connectivity index (χ1v) is 9.57. The molecule has 0 unspecified atom stereocenters. The Kier molecular flexibility index (Phi) is 5.70. The van der Waals surface area contributed by atoms with Gasteiger partial charge in [0.15, 0.2) is 5.13 Å². The Morgan fingerprint density at radius 3 is 2.50 bits per heavy atom. The highest BCUT2D eigenvalue weighted by Gasteiger charge is 2.13. The van der Waals surface area contributed by atoms with Crippen LogP contribution in [0.15, 0.2) is 52.3 Å². The summed E-state index contributed by atoms with van der Waals surface area (Å²) in [6.07, 6.45) is 0. The second kappa shape index (κ2) is 7.99. The third kappa shape index (κ3) is 4.49. The third-order valence-electron chi connectivity index (χ3n) is 3.40. The summed E-state index contributed by atoms with van der Waals surface area (Å²) >= 11 is 10.7. The van der Waals surface area contributed by atoms with Gasteiger partial charge in [-0.15, -0.1) is 11.3 Å². The van der Waals surface area contributed by atoms with Crippen molar-refractivity contribution in [2.24, 2.45) is 0 Å². The number of rotatable bonds is 4. The number of hydrogen-bond acceptors (Lipinski definition) is 4. The molecule has 0 spiro atoms. The second-order valence-electron chi connectivity index (χ2n) is 5.37. The molecule has 1 aromatic heterocycles. The Morgan fingerprint density at radius 2 is 1.85 bits per heavy atom. The fourth-order valence-corrected chi connectivity index (χ4v) is 3.70. The van der Waals surface area contributed by atoms with Crippen molar-refractivity contribution in [3.05, 3.63) is 62.9 Å². The van der Waals surface area contributed by atoms with Gasteiger partial charge in [0.05, 0.1) is 16.3 Å². The van der Waals surface area contributed by atoms with Crippen LogP contribution in [0.3, 0.4) is 0 Å². The summed E-state index contributed by atoms with van der Waals surface area (Å²) in [6.45, 7) is 1.46. The number of anilines is 2. The topological polar surface area (TPSA) is 71.1 Å². The summed E-state index contributed by atoms with van der Waals surface area (Å²) in [5, 5.41) is 8.17. The molecule has 0 atom stereocenters. The molecule has 0 fully saturated rings. The zero-order valence-corrected chi connectivity index (χ0v) is 16.7. The Bertz CT molecular complexity index is 973. The van der Waals surface area contributed by atoms with Crippen LogP contribution in [-0.4, -0.2) is 16.8 Å². The van der Waals surface area contributed by atoms with Crippen LogP contribution in [0.1, 0.15) is 17.3 Å². The van der Waals surface area contributed by atoms with Crippen molar-refractivity contribution in [1.29, 1.82) is 0 Å². The fourth-order valence-electron chi connectivity index (χ4n) is 2.23. The van der Waals surface area contributed by atoms with E-state index >= 15 is 0 Å². The normalized spacial score (nSPS) is 10.4. The molecule has 1 heterocycles. The van der Waals surface area contributed by atoms with Gasteiger partial charge in [-0.2, -0.15) is 0 Å². The van der Waals surface area contributed by atoms with E-state index in [-0.39, 0.29) is 11.8 Å². The largest absolute Gasteiger partial charge is 0.326 e. The average Bonchev–Trinajstić information content (AvgIpc) is 3.03. The van der Waals surface area contributed by atoms with E-state index in [0.717, 1.165) is 21.4 Å². The lowest BCUT2D eigenvalue weighted by atomic mass is 10.1. The van der Waals surface area contributed by atoms with Gasteiger partial charge < -0.3 is 5.32 Å². The van der Waals surface area contributed by atoms with E-state index in [1.54, 1.807) is 30.3 Å². The number of amides is 2. The monoisotopic (exact) mass is 449 g/mol. The van der Waals surface area contributed by atoms with Gasteiger partial charge in [0, 0.05) is 28.0 Å². The molecule has 0 aliphatic heterocycles. The maximum atomic E-state index is 12.4. The van der Waals surface area contributed by atoms with Crippen LogP contribution in [0.5, 0.6) is 0 Å². The van der Waals surface area contributed by atoms with E-state index in [0.29, 0.717) is 15.7 Å². The molecule has 0 aliphatic rings. The summed E-state index contributed by atoms with van der Waals surface area (Å²) in [7, 11) is 0. The first kappa shape index (κ1) is 18.6. The lowest BCUT2D eigenvalue weighted by molar-refractivity contribution is -0.114. The van der Waals surface area contributed by atoms with E-state index < -0.39 is 0 Å². The highest BCUT2D eigenvalue weighted by Crippen LogP contribution is 2.27. The Hall–Kier alpha value is -2.22. The Labute approximate surface area is 167 Å². The van der Waals surface area contributed by atoms with Crippen molar-refractivity contribution in [1.82, 2.24) is 4.98 Å². The van der Waals surface area contributed by atoms with Gasteiger partial charge in [0.2, 0.25) is 5.91 Å². The predicted molar refractivity (Wildman–Crippen MR) is 109 cm³/mol. The van der Waals surface area contributed by atoms with Gasteiger partial charge in [-0.3, -0.25) is 14.9 Å². The van der Waals surface area contributed by atoms with Crippen molar-refractivity contribution < 1.29 is 9.59 Å². The molecule has 8 heteroatoms. The first-order chi connectivity index (χ1) is 12.4. The van der Waals surface area contributed by atoms with Gasteiger partial charge in [-0.1, -0.05) is 39.7 Å². The summed E-state index contributed by atoms with van der Waals surface area (Å²) in [4.78, 5) is 27.8. The minimum Gasteiger partial charge on any atom is -0.326 e. The number of carbonyl (C=O) groups excluding carboxylic acids is 2. The molecular weight excluding hydrogens is 438 g/mol. The standard InChI is InChI=1S/C18H13BrClN3O2S/c1-10(24)21-13-5-2-11(3-6-13)16-9-26-18(22-16)23-17(25)14-7-4-12(19)8-15(14)20/h2-9H,1H3,(H,21,24)(H,22,23,25). The molecule has 5 nitrogen and oxygen atoms in total. The van der Waals surface area contributed by atoms with Crippen LogP contribution in [0.4, 0.5) is 10.8 Å². The molecule has 3 rings (SSSR count). The number of halogens is 2. The molecule has 3 aromatic rings. The van der Waals surface area contributed by atoms with E-state index in [9.17, 15) is 9.59 Å². The molecule has 0 aliphatic carbocycles. The molecule has 2 aromatic carbocycles. The minimum atomic E-state index is -0.315. The Balaban J connectivity index is 1.73. The van der Waals surface area contributed by atoms with Crippen molar-refractivity contribution in [2.75, 3.05) is 10.6 Å². The van der Waals surface area contributed by atoms with Crippen molar-refractivity contribution in [2.45, 2.75) is 6.92 Å². The molecule has 0 saturated heterocycles. The van der Waals surface area contributed by atoms with Crippen molar-refractivity contribution in [3.63, 3.8) is 0 Å². The quantitative estimate of drug-likeness (QED) is 0.556. The van der Waals surface area contributed by atoms with Crippen LogP contribution in [0.2, 0.25) is 5.02 Å². The molecule has 26 heavy (non-hydrogen) atoms. The number of carbonyl (C=O) groups is 2. The number of thiazole rings is 1. The SMILES string of the molecule is CC(=O)Nc1ccc(-c2csc(NC(=O)c3ccc(Br)cc3Cl)n2)cc1. The summed E-state index contributed by atoms with van der Waals surface area (Å²) < 4.78 is 0.804. The van der Waals surface area contributed by atoms with Gasteiger partial charge in [-0.05, 0) is 30.3 Å². The summed E-state index contributed by atoms with van der Waals surface area (Å²) in [6, 6.07) is 12.4. The van der Waals surface area contributed by atoms with Crippen LogP contribution < -0.4 is 10.6 Å². The molecule has 2 amide bonds. The molecular formula is C18H13BrClN3O2S. The van der Waals surface area contributed by atoms with E-state index in [1.165, 1.54) is 18.3 Å². The van der Waals surface area contributed by atoms with Gasteiger partial charge in [0.25, 0.3) is 5.91 Å². The fraction of sp³-hybridized carbons (Fsp3) is 0.0556. The number of benzene rings is 2. The lowest BCUT2D eigenvalue weighted by Gasteiger charge is -2.04. The maximum absolute atomic E-state index is 12.4. The molecule has 0 radical (unpaired) electrons. The van der Waals surface area contributed by atoms with E-state index in [1.807, 2.05) is 17.5 Å². The number of hydrogen-bond donors (Lipinski definition) is 2. The third-order valence-corrected chi connectivity index (χ3v) is 4.97. The van der Waals surface area contributed by atoms with Crippen LogP contribution in [0.25, 0.3) is 11.3 Å². The number of nitrogens with zero attached hydrogens (tertiary/aromatic N) is 1. The van der Waals surface area contributed by atoms with Crippen LogP contribution >= 0.6 is 38.9 Å². The first-order valence-electron chi connectivity index (χ1n) is 7.52. The number of nitrogens with one attached hydrogen (secondary N) is 2. The molecule has 2 N–H and O–H groups in total. The molecule has 132 valence electrons. The zero-order valence-electron chi connectivity index (χ0n) is 13.5. The van der Waals surface area contributed by atoms with E-state index in [4.69, 9.17) is 11.6 Å². The highest BCUT2D eigenvalue weighted by atomic mass is 79.9. The van der Waals surface area contributed by atoms with Gasteiger partial charge >= 0.3 is 0 Å². The minimum absolute atomic E-state index is 0.122. The highest BCUT2D eigenvalue weighted by molar-refractivity contribution is 9.10. The van der Waals surface area contributed by atoms with Crippen molar-refractivity contribution in [3.8, 4) is 11.3 Å². The van der Waals surface area contributed by atoms with Crippen LogP contribution in [-0.2, 0) is 4.79 Å². The Morgan fingerprint density at radius 1 is 1.12 bits per heavy atom. The maximum Gasteiger partial charge on any atom is 0.258 e. The molecule has 0 bridgehead atoms. The average molecular weight is 451 g/mol. The van der Waals surface area contributed by atoms with Gasteiger partial charge in [0.1, 0.15) is 0 Å². The number of aromatic nitrogens is 1. The second-order valence-corrected chi connectivity index (χ2v) is 7.56. The van der Waals surface area contributed by atoms with Crippen molar-refractivity contribution >= 4 is 61.5 Å². The summed E-state index contributed by atoms with van der Waals surface area (Å²) in [5.41, 5.74) is 2.72. The predicted octanol–water partition coefficient (Wildman–Crippen LogP) is 5.44. The van der Waals surface area contributed by atoms with Crippen LogP contribution in [0, 0.1) is 0 Å². The van der Waals surface area contributed by atoms with E-state index in [2.05, 4.69) is 31.5 Å². The lowest BCUT2D eigenvalue weighted by Crippen LogP contribution is -2.12. The smallest absolute Gasteiger partial charge is 0.258 e. The summed E-state index contributed by atoms with van der Waals surface area (Å²) in [5.74, 6) is -0.438. The molecule has 0 saturated carbocycles. The van der Waals surface area contributed by atoms with Gasteiger partial charge in [-0.25, -0.2) is 4.98 Å².